The number of nitrogens with one attached hydrogen (secondary N) is 1. The second-order valence-electron chi connectivity index (χ2n) is 9.55. The number of hydrogen-bond donors (Lipinski definition) is 2. The molecule has 11 heteroatoms. The van der Waals surface area contributed by atoms with Crippen molar-refractivity contribution in [3.8, 4) is 5.75 Å². The highest BCUT2D eigenvalue weighted by Gasteiger charge is 2.57. The van der Waals surface area contributed by atoms with E-state index >= 15 is 0 Å². The molecule has 1 aromatic rings. The van der Waals surface area contributed by atoms with E-state index in [1.54, 1.807) is 28.0 Å². The normalized spacial score (nSPS) is 27.0. The van der Waals surface area contributed by atoms with Crippen LogP contribution in [0, 0.1) is 5.92 Å². The number of likely N-dealkylation sites (N-methyl/N-ethyl adjacent to an activating group) is 1. The average Bonchev–Trinajstić information content (AvgIpc) is 3.17. The maximum atomic E-state index is 13.7. The Morgan fingerprint density at radius 3 is 2.81 bits per heavy atom. The number of carbonyl (C=O) groups excluding carboxylic acids is 3. The Hall–Kier alpha value is -3.27. The highest BCUT2D eigenvalue weighted by atomic mass is 35.5. The minimum absolute atomic E-state index is 0.0263. The molecule has 3 atom stereocenters. The average molecular weight is 516 g/mol. The lowest BCUT2D eigenvalue weighted by Crippen LogP contribution is -2.61. The number of aliphatic hydroxyl groups is 1. The largest absolute Gasteiger partial charge is 0.509 e. The molecule has 0 spiro atoms. The fourth-order valence-electron chi connectivity index (χ4n) is 5.42. The van der Waals surface area contributed by atoms with Gasteiger partial charge in [0.25, 0.3) is 17.7 Å². The molecule has 36 heavy (non-hydrogen) atoms. The van der Waals surface area contributed by atoms with Gasteiger partial charge in [-0.25, -0.2) is 5.01 Å². The molecule has 1 fully saturated rings. The summed E-state index contributed by atoms with van der Waals surface area (Å²) in [6.45, 7) is 5.63. The first-order chi connectivity index (χ1) is 17.3. The number of ether oxygens (including phenoxy) is 1. The van der Waals surface area contributed by atoms with Crippen LogP contribution in [0.1, 0.15) is 38.7 Å². The van der Waals surface area contributed by atoms with Crippen LogP contribution in [0.3, 0.4) is 0 Å². The molecule has 4 heterocycles. The van der Waals surface area contributed by atoms with Gasteiger partial charge >= 0.3 is 0 Å². The Bertz CT molecular complexity index is 1170. The molecule has 2 unspecified atom stereocenters. The van der Waals surface area contributed by atoms with Crippen molar-refractivity contribution in [2.75, 3.05) is 26.2 Å². The number of hydrogen-bond acceptors (Lipinski definition) is 7. The van der Waals surface area contributed by atoms with Crippen LogP contribution in [0.15, 0.2) is 34.8 Å². The maximum absolute atomic E-state index is 13.7. The third kappa shape index (κ3) is 4.07. The van der Waals surface area contributed by atoms with Crippen LogP contribution in [0.25, 0.3) is 0 Å². The number of nitrogens with zero attached hydrogens (tertiary/aromatic N) is 4. The Morgan fingerprint density at radius 1 is 1.22 bits per heavy atom. The third-order valence-corrected chi connectivity index (χ3v) is 7.45. The summed E-state index contributed by atoms with van der Waals surface area (Å²) in [5.74, 6) is -2.10. The van der Waals surface area contributed by atoms with Crippen molar-refractivity contribution in [2.45, 2.75) is 51.7 Å². The van der Waals surface area contributed by atoms with Crippen molar-refractivity contribution < 1.29 is 24.2 Å². The molecule has 3 amide bonds. The first-order valence-electron chi connectivity index (χ1n) is 12.4. The third-order valence-electron chi connectivity index (χ3n) is 7.22. The molecule has 0 aliphatic carbocycles. The van der Waals surface area contributed by atoms with E-state index in [-0.39, 0.29) is 35.7 Å². The monoisotopic (exact) mass is 515 g/mol. The number of piperazine rings is 1. The van der Waals surface area contributed by atoms with Gasteiger partial charge in [-0.3, -0.25) is 14.4 Å². The van der Waals surface area contributed by atoms with Crippen molar-refractivity contribution in [1.29, 1.82) is 0 Å². The van der Waals surface area contributed by atoms with E-state index < -0.39 is 23.8 Å². The molecule has 4 aliphatic rings. The molecule has 1 saturated heterocycles. The summed E-state index contributed by atoms with van der Waals surface area (Å²) in [4.78, 5) is 43.7. The van der Waals surface area contributed by atoms with Gasteiger partial charge in [-0.2, -0.15) is 5.10 Å². The van der Waals surface area contributed by atoms with E-state index in [9.17, 15) is 19.5 Å². The number of benzene rings is 1. The molecule has 0 aromatic heterocycles. The van der Waals surface area contributed by atoms with Crippen molar-refractivity contribution in [3.05, 3.63) is 40.2 Å². The first-order valence-corrected chi connectivity index (χ1v) is 12.8. The van der Waals surface area contributed by atoms with Gasteiger partial charge < -0.3 is 25.0 Å². The number of hydrazone groups is 1. The Morgan fingerprint density at radius 2 is 2.03 bits per heavy atom. The van der Waals surface area contributed by atoms with Crippen LogP contribution in [-0.2, 0) is 20.9 Å². The van der Waals surface area contributed by atoms with Gasteiger partial charge in [-0.1, -0.05) is 17.7 Å². The summed E-state index contributed by atoms with van der Waals surface area (Å²) in [7, 11) is 0. The van der Waals surface area contributed by atoms with E-state index in [4.69, 9.17) is 16.3 Å². The summed E-state index contributed by atoms with van der Waals surface area (Å²) in [6, 6.07) is 4.10. The molecule has 2 bridgehead atoms. The molecule has 192 valence electrons. The van der Waals surface area contributed by atoms with Gasteiger partial charge in [0.15, 0.2) is 0 Å². The van der Waals surface area contributed by atoms with Gasteiger partial charge in [-0.15, -0.1) is 0 Å². The molecular formula is C25H30ClN5O5. The van der Waals surface area contributed by atoms with Crippen LogP contribution < -0.4 is 10.1 Å². The first kappa shape index (κ1) is 24.4. The number of fused-ring (bicyclic) bond motifs is 6. The summed E-state index contributed by atoms with van der Waals surface area (Å²) in [5.41, 5.74) is 0.866. The van der Waals surface area contributed by atoms with Crippen molar-refractivity contribution in [2.24, 2.45) is 11.0 Å². The highest BCUT2D eigenvalue weighted by Crippen LogP contribution is 2.42. The lowest BCUT2D eigenvalue weighted by atomic mass is 9.91. The SMILES string of the molecule is CCN1C[C@H](C)N2C(=C(O)C3C(=O)N4Cc5ccc(Cl)cc5OCCCCCNC(=O)C(=N4)C32)C1=O. The number of halogens is 1. The van der Waals surface area contributed by atoms with E-state index in [2.05, 4.69) is 10.4 Å². The molecule has 1 aromatic carbocycles. The van der Waals surface area contributed by atoms with Gasteiger partial charge in [0.2, 0.25) is 0 Å². The van der Waals surface area contributed by atoms with Crippen LogP contribution in [0.5, 0.6) is 5.75 Å². The van der Waals surface area contributed by atoms with Gasteiger partial charge in [0.05, 0.1) is 19.2 Å². The topological polar surface area (TPSA) is 115 Å². The molecule has 0 saturated carbocycles. The van der Waals surface area contributed by atoms with Crippen LogP contribution in [0.2, 0.25) is 5.02 Å². The summed E-state index contributed by atoms with van der Waals surface area (Å²) < 4.78 is 5.97. The zero-order valence-electron chi connectivity index (χ0n) is 20.4. The fraction of sp³-hybridized carbons (Fsp3) is 0.520. The predicted octanol–water partition coefficient (Wildman–Crippen LogP) is 2.04. The smallest absolute Gasteiger partial charge is 0.273 e. The molecule has 2 N–H and O–H groups in total. The zero-order valence-corrected chi connectivity index (χ0v) is 21.1. The van der Waals surface area contributed by atoms with Crippen LogP contribution in [0.4, 0.5) is 0 Å². The number of amides is 3. The molecule has 4 aliphatic heterocycles. The van der Waals surface area contributed by atoms with Gasteiger partial charge in [0.1, 0.15) is 28.8 Å². The van der Waals surface area contributed by atoms with Crippen LogP contribution >= 0.6 is 11.6 Å². The Balaban J connectivity index is 1.60. The summed E-state index contributed by atoms with van der Waals surface area (Å²) in [6.07, 6.45) is 2.41. The second-order valence-corrected chi connectivity index (χ2v) is 9.99. The number of carbonyl (C=O) groups is 3. The van der Waals surface area contributed by atoms with E-state index in [0.29, 0.717) is 42.6 Å². The fourth-order valence-corrected chi connectivity index (χ4v) is 5.58. The quantitative estimate of drug-likeness (QED) is 0.591. The highest BCUT2D eigenvalue weighted by molar-refractivity contribution is 6.42. The molecular weight excluding hydrogens is 486 g/mol. The summed E-state index contributed by atoms with van der Waals surface area (Å²) >= 11 is 6.19. The maximum Gasteiger partial charge on any atom is 0.273 e. The van der Waals surface area contributed by atoms with Crippen LogP contribution in [-0.4, -0.2) is 81.7 Å². The predicted molar refractivity (Wildman–Crippen MR) is 132 cm³/mol. The lowest BCUT2D eigenvalue weighted by Gasteiger charge is -2.44. The number of rotatable bonds is 1. The van der Waals surface area contributed by atoms with Crippen molar-refractivity contribution in [1.82, 2.24) is 20.1 Å². The van der Waals surface area contributed by atoms with Crippen molar-refractivity contribution >= 4 is 35.0 Å². The Kier molecular flexibility index (Phi) is 6.55. The number of aliphatic hydroxyl groups excluding tert-OH is 1. The standard InChI is InChI=1S/C25H30ClN5O5/c1-3-29-12-14(2)31-20-18(22(32)21(31)25(29)35)24(34)30-13-15-7-8-16(26)11-17(15)36-10-6-4-5-9-27-23(33)19(20)28-30/h7-8,11,14,18,20,32H,3-6,9-10,12-13H2,1-2H3,(H,27,33)/t14-,18?,20?/m0/s1. The lowest BCUT2D eigenvalue weighted by molar-refractivity contribution is -0.139. The van der Waals surface area contributed by atoms with E-state index in [1.807, 2.05) is 13.8 Å². The Labute approximate surface area is 214 Å². The zero-order chi connectivity index (χ0) is 25.6. The molecule has 10 nitrogen and oxygen atoms in total. The second kappa shape index (κ2) is 9.65. The molecule has 0 radical (unpaired) electrons. The van der Waals surface area contributed by atoms with E-state index in [1.165, 1.54) is 5.01 Å². The van der Waals surface area contributed by atoms with Gasteiger partial charge in [0, 0.05) is 36.3 Å². The molecule has 5 rings (SSSR count). The minimum atomic E-state index is -1.11. The van der Waals surface area contributed by atoms with Gasteiger partial charge in [-0.05, 0) is 45.2 Å². The van der Waals surface area contributed by atoms with E-state index in [0.717, 1.165) is 19.3 Å². The van der Waals surface area contributed by atoms with Crippen molar-refractivity contribution in [3.63, 3.8) is 0 Å². The minimum Gasteiger partial charge on any atom is -0.509 e. The summed E-state index contributed by atoms with van der Waals surface area (Å²) in [5, 5.41) is 20.4.